The van der Waals surface area contributed by atoms with Crippen LogP contribution in [0, 0.1) is 6.92 Å². The van der Waals surface area contributed by atoms with Crippen LogP contribution in [0.15, 0.2) is 90.3 Å². The van der Waals surface area contributed by atoms with Crippen molar-refractivity contribution in [3.63, 3.8) is 0 Å². The summed E-state index contributed by atoms with van der Waals surface area (Å²) in [7, 11) is 0. The van der Waals surface area contributed by atoms with E-state index in [-0.39, 0.29) is 0 Å². The molecule has 0 bridgehead atoms. The minimum Gasteiger partial charge on any atom is -0.289 e. The highest BCUT2D eigenvalue weighted by molar-refractivity contribution is 7.13. The van der Waals surface area contributed by atoms with Gasteiger partial charge in [-0.05, 0) is 23.6 Å². The number of rotatable bonds is 7. The SMILES string of the molecule is Cc1ccccc1-c1nc(CN(Cc2ccccc2)Cc2ccccc2)cs1. The molecule has 3 heteroatoms. The van der Waals surface area contributed by atoms with E-state index in [0.29, 0.717) is 0 Å². The van der Waals surface area contributed by atoms with Gasteiger partial charge in [0, 0.05) is 30.6 Å². The first kappa shape index (κ1) is 18.6. The van der Waals surface area contributed by atoms with Crippen LogP contribution in [0.4, 0.5) is 0 Å². The summed E-state index contributed by atoms with van der Waals surface area (Å²) in [5, 5.41) is 3.30. The van der Waals surface area contributed by atoms with Gasteiger partial charge in [-0.15, -0.1) is 11.3 Å². The van der Waals surface area contributed by atoms with E-state index >= 15 is 0 Å². The van der Waals surface area contributed by atoms with E-state index in [1.54, 1.807) is 11.3 Å². The lowest BCUT2D eigenvalue weighted by atomic mass is 10.1. The average molecular weight is 385 g/mol. The van der Waals surface area contributed by atoms with Crippen molar-refractivity contribution < 1.29 is 0 Å². The standard InChI is InChI=1S/C25H24N2S/c1-20-10-8-9-15-24(20)25-26-23(19-28-25)18-27(16-21-11-4-2-5-12-21)17-22-13-6-3-7-14-22/h2-15,19H,16-18H2,1H3. The molecule has 0 aliphatic heterocycles. The number of benzene rings is 3. The van der Waals surface area contributed by atoms with Gasteiger partial charge < -0.3 is 0 Å². The van der Waals surface area contributed by atoms with Crippen LogP contribution in [0.3, 0.4) is 0 Å². The molecule has 0 amide bonds. The number of hydrogen-bond acceptors (Lipinski definition) is 3. The van der Waals surface area contributed by atoms with Crippen LogP contribution in [0.5, 0.6) is 0 Å². The summed E-state index contributed by atoms with van der Waals surface area (Å²) in [6.45, 7) is 4.81. The van der Waals surface area contributed by atoms with Gasteiger partial charge in [0.05, 0.1) is 5.69 Å². The second-order valence-electron chi connectivity index (χ2n) is 7.08. The molecular weight excluding hydrogens is 360 g/mol. The molecule has 2 nitrogen and oxygen atoms in total. The van der Waals surface area contributed by atoms with Crippen LogP contribution < -0.4 is 0 Å². The third kappa shape index (κ3) is 4.75. The number of aryl methyl sites for hydroxylation is 1. The van der Waals surface area contributed by atoms with Gasteiger partial charge in [0.1, 0.15) is 5.01 Å². The fraction of sp³-hybridized carbons (Fsp3) is 0.160. The Morgan fingerprint density at radius 1 is 0.714 bits per heavy atom. The maximum absolute atomic E-state index is 4.94. The van der Waals surface area contributed by atoms with E-state index in [2.05, 4.69) is 102 Å². The van der Waals surface area contributed by atoms with Crippen molar-refractivity contribution in [2.75, 3.05) is 0 Å². The van der Waals surface area contributed by atoms with Gasteiger partial charge in [-0.1, -0.05) is 84.9 Å². The Labute approximate surface area is 171 Å². The van der Waals surface area contributed by atoms with Gasteiger partial charge >= 0.3 is 0 Å². The second-order valence-corrected chi connectivity index (χ2v) is 7.93. The summed E-state index contributed by atoms with van der Waals surface area (Å²) >= 11 is 1.73. The minimum absolute atomic E-state index is 0.839. The fourth-order valence-electron chi connectivity index (χ4n) is 3.40. The first-order valence-corrected chi connectivity index (χ1v) is 10.5. The van der Waals surface area contributed by atoms with Gasteiger partial charge in [-0.2, -0.15) is 0 Å². The highest BCUT2D eigenvalue weighted by Crippen LogP contribution is 2.27. The monoisotopic (exact) mass is 384 g/mol. The van der Waals surface area contributed by atoms with Crippen molar-refractivity contribution >= 4 is 11.3 Å². The zero-order chi connectivity index (χ0) is 19.2. The summed E-state index contributed by atoms with van der Waals surface area (Å²) in [6, 6.07) is 29.8. The lowest BCUT2D eigenvalue weighted by Gasteiger charge is -2.21. The quantitative estimate of drug-likeness (QED) is 0.370. The normalized spacial score (nSPS) is 11.1. The van der Waals surface area contributed by atoms with Gasteiger partial charge in [0.2, 0.25) is 0 Å². The molecule has 0 aliphatic carbocycles. The second kappa shape index (κ2) is 8.96. The summed E-state index contributed by atoms with van der Waals surface area (Å²) in [6.07, 6.45) is 0. The molecule has 1 heterocycles. The summed E-state index contributed by atoms with van der Waals surface area (Å²) in [4.78, 5) is 7.40. The third-order valence-corrected chi connectivity index (χ3v) is 5.74. The molecular formula is C25H24N2S. The minimum atomic E-state index is 0.839. The maximum atomic E-state index is 4.94. The van der Waals surface area contributed by atoms with Gasteiger partial charge in [-0.25, -0.2) is 4.98 Å². The first-order chi connectivity index (χ1) is 13.8. The van der Waals surface area contributed by atoms with Crippen molar-refractivity contribution in [1.29, 1.82) is 0 Å². The molecule has 0 fully saturated rings. The van der Waals surface area contributed by atoms with Crippen LogP contribution in [0.1, 0.15) is 22.4 Å². The molecule has 28 heavy (non-hydrogen) atoms. The molecule has 0 saturated carbocycles. The van der Waals surface area contributed by atoms with Gasteiger partial charge in [0.15, 0.2) is 0 Å². The van der Waals surface area contributed by atoms with Crippen LogP contribution in [0.25, 0.3) is 10.6 Å². The van der Waals surface area contributed by atoms with Crippen LogP contribution in [-0.2, 0) is 19.6 Å². The zero-order valence-corrected chi connectivity index (χ0v) is 16.9. The Balaban J connectivity index is 1.54. The molecule has 0 atom stereocenters. The van der Waals surface area contributed by atoms with Crippen molar-refractivity contribution in [3.05, 3.63) is 113 Å². The Hall–Kier alpha value is -2.75. The number of thiazole rings is 1. The maximum Gasteiger partial charge on any atom is 0.123 e. The largest absolute Gasteiger partial charge is 0.289 e. The third-order valence-electron chi connectivity index (χ3n) is 4.81. The van der Waals surface area contributed by atoms with Crippen LogP contribution in [0.2, 0.25) is 0 Å². The zero-order valence-electron chi connectivity index (χ0n) is 16.1. The van der Waals surface area contributed by atoms with Crippen LogP contribution >= 0.6 is 11.3 Å². The van der Waals surface area contributed by atoms with E-state index < -0.39 is 0 Å². The molecule has 0 spiro atoms. The number of nitrogens with zero attached hydrogens (tertiary/aromatic N) is 2. The lowest BCUT2D eigenvalue weighted by molar-refractivity contribution is 0.245. The molecule has 3 aromatic carbocycles. The molecule has 0 aliphatic rings. The van der Waals surface area contributed by atoms with Gasteiger partial charge in [0.25, 0.3) is 0 Å². The summed E-state index contributed by atoms with van der Waals surface area (Å²) < 4.78 is 0. The molecule has 4 aromatic rings. The Morgan fingerprint density at radius 2 is 1.29 bits per heavy atom. The predicted octanol–water partition coefficient (Wildman–Crippen LogP) is 6.32. The van der Waals surface area contributed by atoms with E-state index in [4.69, 9.17) is 4.98 Å². The Morgan fingerprint density at radius 3 is 1.89 bits per heavy atom. The summed E-state index contributed by atoms with van der Waals surface area (Å²) in [5.74, 6) is 0. The van der Waals surface area contributed by atoms with Crippen LogP contribution in [-0.4, -0.2) is 9.88 Å². The van der Waals surface area contributed by atoms with E-state index in [1.165, 1.54) is 22.3 Å². The molecule has 0 unspecified atom stereocenters. The molecule has 1 aromatic heterocycles. The highest BCUT2D eigenvalue weighted by atomic mass is 32.1. The Kier molecular flexibility index (Phi) is 5.95. The molecule has 0 N–H and O–H groups in total. The number of hydrogen-bond donors (Lipinski definition) is 0. The van der Waals surface area contributed by atoms with Crippen molar-refractivity contribution in [3.8, 4) is 10.6 Å². The van der Waals surface area contributed by atoms with E-state index in [9.17, 15) is 0 Å². The molecule has 0 radical (unpaired) electrons. The summed E-state index contributed by atoms with van der Waals surface area (Å²) in [5.41, 5.74) is 6.29. The average Bonchev–Trinajstić information content (AvgIpc) is 3.18. The fourth-order valence-corrected chi connectivity index (χ4v) is 4.30. The van der Waals surface area contributed by atoms with Crippen molar-refractivity contribution in [1.82, 2.24) is 9.88 Å². The van der Waals surface area contributed by atoms with Crippen molar-refractivity contribution in [2.24, 2.45) is 0 Å². The lowest BCUT2D eigenvalue weighted by Crippen LogP contribution is -2.22. The molecule has 140 valence electrons. The van der Waals surface area contributed by atoms with E-state index in [1.807, 2.05) is 0 Å². The highest BCUT2D eigenvalue weighted by Gasteiger charge is 2.12. The number of aromatic nitrogens is 1. The Bertz CT molecular complexity index is 967. The predicted molar refractivity (Wildman–Crippen MR) is 118 cm³/mol. The topological polar surface area (TPSA) is 16.1 Å². The van der Waals surface area contributed by atoms with Crippen molar-refractivity contribution in [2.45, 2.75) is 26.6 Å². The first-order valence-electron chi connectivity index (χ1n) is 9.58. The molecule has 4 rings (SSSR count). The van der Waals surface area contributed by atoms with Gasteiger partial charge in [-0.3, -0.25) is 4.90 Å². The molecule has 0 saturated heterocycles. The smallest absolute Gasteiger partial charge is 0.123 e. The van der Waals surface area contributed by atoms with E-state index in [0.717, 1.165) is 30.3 Å².